The summed E-state index contributed by atoms with van der Waals surface area (Å²) in [4.78, 5) is 18.6. The van der Waals surface area contributed by atoms with Crippen LogP contribution in [0.2, 0.25) is 0 Å². The van der Waals surface area contributed by atoms with Gasteiger partial charge in [0.15, 0.2) is 0 Å². The van der Waals surface area contributed by atoms with Gasteiger partial charge in [-0.2, -0.15) is 4.98 Å². The Morgan fingerprint density at radius 2 is 2.00 bits per heavy atom. The van der Waals surface area contributed by atoms with Gasteiger partial charge in [0.2, 0.25) is 17.6 Å². The van der Waals surface area contributed by atoms with Crippen molar-refractivity contribution in [2.24, 2.45) is 5.92 Å². The third-order valence-electron chi connectivity index (χ3n) is 4.29. The van der Waals surface area contributed by atoms with Gasteiger partial charge in [0.05, 0.1) is 0 Å². The van der Waals surface area contributed by atoms with E-state index >= 15 is 0 Å². The van der Waals surface area contributed by atoms with E-state index in [0.29, 0.717) is 17.3 Å². The summed E-state index contributed by atoms with van der Waals surface area (Å²) in [6, 6.07) is 5.85. The highest BCUT2D eigenvalue weighted by molar-refractivity contribution is 5.81. The van der Waals surface area contributed by atoms with Gasteiger partial charge in [-0.05, 0) is 49.9 Å². The minimum Gasteiger partial charge on any atom is -0.337 e. The Hall–Kier alpha value is -2.24. The van der Waals surface area contributed by atoms with Crippen molar-refractivity contribution in [1.82, 2.24) is 15.0 Å². The van der Waals surface area contributed by atoms with Gasteiger partial charge in [-0.3, -0.25) is 4.79 Å². The molecule has 1 aromatic heterocycles. The Bertz CT molecular complexity index is 694. The molecule has 0 bridgehead atoms. The number of rotatable bonds is 3. The van der Waals surface area contributed by atoms with E-state index in [0.717, 1.165) is 32.2 Å². The van der Waals surface area contributed by atoms with E-state index < -0.39 is 0 Å². The molecular weight excluding hydrogens is 285 g/mol. The second-order valence-corrected chi connectivity index (χ2v) is 5.93. The number of aromatic nitrogens is 2. The zero-order chi connectivity index (χ0) is 15.1. The highest BCUT2D eigenvalue weighted by atomic mass is 19.1. The first-order valence-electron chi connectivity index (χ1n) is 7.62. The summed E-state index contributed by atoms with van der Waals surface area (Å²) in [5, 5.41) is 3.97. The molecule has 1 aliphatic heterocycles. The van der Waals surface area contributed by atoms with E-state index in [1.165, 1.54) is 12.1 Å². The van der Waals surface area contributed by atoms with Crippen molar-refractivity contribution in [1.29, 1.82) is 0 Å². The molecule has 0 spiro atoms. The van der Waals surface area contributed by atoms with E-state index in [2.05, 4.69) is 10.1 Å². The van der Waals surface area contributed by atoms with Crippen molar-refractivity contribution in [3.63, 3.8) is 0 Å². The minimum absolute atomic E-state index is 0.116. The number of nitrogens with zero attached hydrogens (tertiary/aromatic N) is 3. The highest BCUT2D eigenvalue weighted by Crippen LogP contribution is 2.38. The van der Waals surface area contributed by atoms with Crippen LogP contribution in [0.3, 0.4) is 0 Å². The summed E-state index contributed by atoms with van der Waals surface area (Å²) in [5.41, 5.74) is 0.703. The van der Waals surface area contributed by atoms with Crippen LogP contribution in [0, 0.1) is 11.7 Å². The summed E-state index contributed by atoms with van der Waals surface area (Å²) < 4.78 is 18.3. The van der Waals surface area contributed by atoms with Crippen LogP contribution in [0.4, 0.5) is 4.39 Å². The molecular formula is C16H16FN3O2. The molecule has 4 rings (SSSR count). The van der Waals surface area contributed by atoms with E-state index in [4.69, 9.17) is 4.52 Å². The van der Waals surface area contributed by atoms with E-state index in [-0.39, 0.29) is 23.7 Å². The van der Waals surface area contributed by atoms with Crippen LogP contribution < -0.4 is 0 Å². The van der Waals surface area contributed by atoms with Crippen molar-refractivity contribution in [3.8, 4) is 11.4 Å². The van der Waals surface area contributed by atoms with Gasteiger partial charge in [0.1, 0.15) is 11.9 Å². The van der Waals surface area contributed by atoms with Crippen molar-refractivity contribution >= 4 is 5.91 Å². The number of hydrogen-bond donors (Lipinski definition) is 0. The summed E-state index contributed by atoms with van der Waals surface area (Å²) >= 11 is 0. The van der Waals surface area contributed by atoms with Gasteiger partial charge >= 0.3 is 0 Å². The molecule has 1 amide bonds. The largest absolute Gasteiger partial charge is 0.337 e. The Labute approximate surface area is 127 Å². The van der Waals surface area contributed by atoms with Crippen molar-refractivity contribution in [2.75, 3.05) is 6.54 Å². The molecule has 1 aliphatic carbocycles. The predicted molar refractivity (Wildman–Crippen MR) is 76.1 cm³/mol. The lowest BCUT2D eigenvalue weighted by Crippen LogP contribution is -2.31. The molecule has 2 aliphatic rings. The maximum atomic E-state index is 13.0. The molecule has 6 heteroatoms. The molecule has 1 unspecified atom stereocenters. The minimum atomic E-state index is -0.301. The number of halogens is 1. The fraction of sp³-hybridized carbons (Fsp3) is 0.438. The molecule has 1 atom stereocenters. The topological polar surface area (TPSA) is 59.2 Å². The lowest BCUT2D eigenvalue weighted by atomic mass is 10.2. The van der Waals surface area contributed by atoms with E-state index in [9.17, 15) is 9.18 Å². The first-order chi connectivity index (χ1) is 10.7. The third kappa shape index (κ3) is 2.38. The lowest BCUT2D eigenvalue weighted by Gasteiger charge is -2.21. The quantitative estimate of drug-likeness (QED) is 0.874. The van der Waals surface area contributed by atoms with Crippen molar-refractivity contribution in [2.45, 2.75) is 31.7 Å². The average Bonchev–Trinajstić information content (AvgIpc) is 3.07. The summed E-state index contributed by atoms with van der Waals surface area (Å²) in [6.45, 7) is 0.758. The van der Waals surface area contributed by atoms with E-state index in [1.54, 1.807) is 12.1 Å². The molecule has 22 heavy (non-hydrogen) atoms. The van der Waals surface area contributed by atoms with Crippen LogP contribution in [-0.4, -0.2) is 27.5 Å². The molecule has 2 aromatic rings. The summed E-state index contributed by atoms with van der Waals surface area (Å²) in [7, 11) is 0. The van der Waals surface area contributed by atoms with Gasteiger partial charge in [-0.1, -0.05) is 5.16 Å². The Kier molecular flexibility index (Phi) is 3.17. The maximum absolute atomic E-state index is 13.0. The van der Waals surface area contributed by atoms with Crippen molar-refractivity contribution in [3.05, 3.63) is 36.0 Å². The number of benzene rings is 1. The molecule has 2 fully saturated rings. The molecule has 114 valence electrons. The maximum Gasteiger partial charge on any atom is 0.249 e. The lowest BCUT2D eigenvalue weighted by molar-refractivity contribution is -0.133. The third-order valence-corrected chi connectivity index (χ3v) is 4.29. The Morgan fingerprint density at radius 3 is 2.73 bits per heavy atom. The predicted octanol–water partition coefficient (Wildman–Crippen LogP) is 2.95. The fourth-order valence-electron chi connectivity index (χ4n) is 2.94. The van der Waals surface area contributed by atoms with Crippen LogP contribution in [0.1, 0.15) is 37.6 Å². The first-order valence-corrected chi connectivity index (χ1v) is 7.62. The number of amides is 1. The van der Waals surface area contributed by atoms with E-state index in [1.807, 2.05) is 4.90 Å². The van der Waals surface area contributed by atoms with Gasteiger partial charge < -0.3 is 9.42 Å². The summed E-state index contributed by atoms with van der Waals surface area (Å²) in [6.07, 6.45) is 3.79. The standard InChI is InChI=1S/C16H16FN3O2/c17-12-7-5-10(6-8-12)14-18-15(22-19-14)13-2-1-9-20(13)16(21)11-3-4-11/h5-8,11,13H,1-4,9H2. The van der Waals surface area contributed by atoms with Crippen LogP contribution >= 0.6 is 0 Å². The average molecular weight is 301 g/mol. The smallest absolute Gasteiger partial charge is 0.249 e. The number of carbonyl (C=O) groups is 1. The summed E-state index contributed by atoms with van der Waals surface area (Å²) in [5.74, 6) is 1.01. The monoisotopic (exact) mass is 301 g/mol. The molecule has 0 N–H and O–H groups in total. The first kappa shape index (κ1) is 13.4. The molecule has 2 heterocycles. The second kappa shape index (κ2) is 5.19. The van der Waals surface area contributed by atoms with Crippen LogP contribution in [0.25, 0.3) is 11.4 Å². The van der Waals surface area contributed by atoms with Crippen LogP contribution in [0.5, 0.6) is 0 Å². The molecule has 5 nitrogen and oxygen atoms in total. The molecule has 1 aromatic carbocycles. The number of carbonyl (C=O) groups excluding carboxylic acids is 1. The number of likely N-dealkylation sites (tertiary alicyclic amines) is 1. The Morgan fingerprint density at radius 1 is 1.23 bits per heavy atom. The molecule has 1 saturated carbocycles. The van der Waals surface area contributed by atoms with Crippen LogP contribution in [-0.2, 0) is 4.79 Å². The normalized spacial score (nSPS) is 21.3. The van der Waals surface area contributed by atoms with Crippen molar-refractivity contribution < 1.29 is 13.7 Å². The van der Waals surface area contributed by atoms with Gasteiger partial charge in [0, 0.05) is 18.0 Å². The van der Waals surface area contributed by atoms with Gasteiger partial charge in [-0.25, -0.2) is 4.39 Å². The molecule has 0 radical (unpaired) electrons. The Balaban J connectivity index is 1.57. The highest BCUT2D eigenvalue weighted by Gasteiger charge is 2.40. The van der Waals surface area contributed by atoms with Crippen LogP contribution in [0.15, 0.2) is 28.8 Å². The second-order valence-electron chi connectivity index (χ2n) is 5.93. The van der Waals surface area contributed by atoms with Gasteiger partial charge in [-0.15, -0.1) is 0 Å². The molecule has 1 saturated heterocycles. The zero-order valence-corrected chi connectivity index (χ0v) is 12.0. The number of hydrogen-bond acceptors (Lipinski definition) is 4. The zero-order valence-electron chi connectivity index (χ0n) is 12.0. The van der Waals surface area contributed by atoms with Gasteiger partial charge in [0.25, 0.3) is 0 Å². The fourth-order valence-corrected chi connectivity index (χ4v) is 2.94. The SMILES string of the molecule is O=C(C1CC1)N1CCCC1c1nc(-c2ccc(F)cc2)no1.